The van der Waals surface area contributed by atoms with E-state index in [1.807, 2.05) is 6.92 Å². The maximum Gasteiger partial charge on any atom is 0.338 e. The number of hydrogen-bond acceptors (Lipinski definition) is 5. The van der Waals surface area contributed by atoms with Gasteiger partial charge in [-0.25, -0.2) is 4.79 Å². The first-order chi connectivity index (χ1) is 8.60. The van der Waals surface area contributed by atoms with Crippen LogP contribution in [0.5, 0.6) is 0 Å². The molecule has 6 heteroatoms. The van der Waals surface area contributed by atoms with Crippen molar-refractivity contribution >= 4 is 17.9 Å². The molecule has 6 nitrogen and oxygen atoms in total. The number of esters is 1. The van der Waals surface area contributed by atoms with Crippen molar-refractivity contribution < 1.29 is 19.2 Å². The van der Waals surface area contributed by atoms with Crippen LogP contribution in [0.25, 0.3) is 0 Å². The highest BCUT2D eigenvalue weighted by molar-refractivity contribution is 5.98. The predicted molar refractivity (Wildman–Crippen MR) is 63.7 cm³/mol. The van der Waals surface area contributed by atoms with Gasteiger partial charge in [-0.15, -0.1) is 0 Å². The molecule has 18 heavy (non-hydrogen) atoms. The van der Waals surface area contributed by atoms with Gasteiger partial charge in [0, 0.05) is 17.7 Å². The molecule has 0 fully saturated rings. The summed E-state index contributed by atoms with van der Waals surface area (Å²) in [5.74, 6) is -0.638. The normalized spacial score (nSPS) is 9.83. The molecule has 0 heterocycles. The lowest BCUT2D eigenvalue weighted by molar-refractivity contribution is -0.384. The van der Waals surface area contributed by atoms with E-state index in [1.54, 1.807) is 0 Å². The Kier molecular flexibility index (Phi) is 4.98. The van der Waals surface area contributed by atoms with Crippen molar-refractivity contribution in [3.8, 4) is 0 Å². The molecule has 0 unspecified atom stereocenters. The number of nitro benzene ring substituents is 1. The Labute approximate surface area is 104 Å². The second-order valence-corrected chi connectivity index (χ2v) is 3.64. The number of nitrogens with zero attached hydrogens (tertiary/aromatic N) is 1. The Morgan fingerprint density at radius 1 is 1.50 bits per heavy atom. The van der Waals surface area contributed by atoms with Crippen LogP contribution >= 0.6 is 0 Å². The first kappa shape index (κ1) is 13.8. The van der Waals surface area contributed by atoms with Crippen molar-refractivity contribution in [2.24, 2.45) is 0 Å². The number of aldehydes is 1. The number of hydrogen-bond donors (Lipinski definition) is 0. The van der Waals surface area contributed by atoms with Crippen LogP contribution in [0.3, 0.4) is 0 Å². The number of ether oxygens (including phenoxy) is 1. The standard InChI is InChI=1S/C12H13NO5/c1-2-3-6-18-12(15)11-5-4-10(13(16)17)7-9(11)8-14/h4-5,7-8H,2-3,6H2,1H3. The van der Waals surface area contributed by atoms with Gasteiger partial charge in [0.25, 0.3) is 5.69 Å². The second kappa shape index (κ2) is 6.48. The molecule has 0 spiro atoms. The zero-order valence-corrected chi connectivity index (χ0v) is 9.92. The van der Waals surface area contributed by atoms with Crippen molar-refractivity contribution in [2.75, 3.05) is 6.61 Å². The van der Waals surface area contributed by atoms with Crippen LogP contribution < -0.4 is 0 Å². The van der Waals surface area contributed by atoms with Gasteiger partial charge in [-0.05, 0) is 12.5 Å². The first-order valence-electron chi connectivity index (χ1n) is 5.51. The third-order valence-electron chi connectivity index (χ3n) is 2.32. The molecule has 96 valence electrons. The molecule has 0 saturated heterocycles. The topological polar surface area (TPSA) is 86.5 Å². The maximum atomic E-state index is 11.6. The molecule has 0 aliphatic rings. The molecule has 1 aromatic carbocycles. The number of rotatable bonds is 6. The number of carbonyl (C=O) groups is 2. The SMILES string of the molecule is CCCCOC(=O)c1ccc([N+](=O)[O-])cc1C=O. The van der Waals surface area contributed by atoms with Crippen LogP contribution in [-0.2, 0) is 4.74 Å². The zero-order chi connectivity index (χ0) is 13.5. The second-order valence-electron chi connectivity index (χ2n) is 3.64. The van der Waals surface area contributed by atoms with Gasteiger partial charge in [0.2, 0.25) is 0 Å². The smallest absolute Gasteiger partial charge is 0.338 e. The summed E-state index contributed by atoms with van der Waals surface area (Å²) in [5.41, 5.74) is -0.223. The van der Waals surface area contributed by atoms with Crippen molar-refractivity contribution in [2.45, 2.75) is 19.8 Å². The Balaban J connectivity index is 2.91. The van der Waals surface area contributed by atoms with Gasteiger partial charge >= 0.3 is 5.97 Å². The highest BCUT2D eigenvalue weighted by Crippen LogP contribution is 2.17. The fraction of sp³-hybridized carbons (Fsp3) is 0.333. The molecule has 1 rings (SSSR count). The summed E-state index contributed by atoms with van der Waals surface area (Å²) in [6.45, 7) is 2.22. The van der Waals surface area contributed by atoms with E-state index in [1.165, 1.54) is 12.1 Å². The summed E-state index contributed by atoms with van der Waals surface area (Å²) in [4.78, 5) is 32.3. The first-order valence-corrected chi connectivity index (χ1v) is 5.51. The average Bonchev–Trinajstić information content (AvgIpc) is 2.38. The van der Waals surface area contributed by atoms with E-state index in [-0.39, 0.29) is 23.4 Å². The summed E-state index contributed by atoms with van der Waals surface area (Å²) in [6.07, 6.45) is 2.02. The van der Waals surface area contributed by atoms with Crippen LogP contribution in [0.4, 0.5) is 5.69 Å². The molecular weight excluding hydrogens is 238 g/mol. The number of carbonyl (C=O) groups excluding carboxylic acids is 2. The van der Waals surface area contributed by atoms with E-state index >= 15 is 0 Å². The minimum Gasteiger partial charge on any atom is -0.462 e. The van der Waals surface area contributed by atoms with Gasteiger partial charge in [-0.1, -0.05) is 13.3 Å². The van der Waals surface area contributed by atoms with E-state index in [4.69, 9.17) is 4.74 Å². The van der Waals surface area contributed by atoms with Gasteiger partial charge in [-0.2, -0.15) is 0 Å². The summed E-state index contributed by atoms with van der Waals surface area (Å²) in [5, 5.41) is 10.5. The van der Waals surface area contributed by atoms with Crippen LogP contribution in [0, 0.1) is 10.1 Å². The lowest BCUT2D eigenvalue weighted by atomic mass is 10.1. The molecule has 0 N–H and O–H groups in total. The number of non-ortho nitro benzene ring substituents is 1. The zero-order valence-electron chi connectivity index (χ0n) is 9.92. The maximum absolute atomic E-state index is 11.6. The summed E-state index contributed by atoms with van der Waals surface area (Å²) in [7, 11) is 0. The number of benzene rings is 1. The fourth-order valence-corrected chi connectivity index (χ4v) is 1.33. The monoisotopic (exact) mass is 251 g/mol. The minimum absolute atomic E-state index is 0.0364. The molecule has 0 bridgehead atoms. The molecular formula is C12H13NO5. The predicted octanol–water partition coefficient (Wildman–Crippen LogP) is 2.36. The third-order valence-corrected chi connectivity index (χ3v) is 2.32. The Bertz CT molecular complexity index is 470. The van der Waals surface area contributed by atoms with Crippen molar-refractivity contribution in [3.63, 3.8) is 0 Å². The van der Waals surface area contributed by atoms with Gasteiger partial charge < -0.3 is 4.74 Å². The van der Waals surface area contributed by atoms with Crippen LogP contribution in [-0.4, -0.2) is 23.8 Å². The molecule has 0 aliphatic carbocycles. The summed E-state index contributed by atoms with van der Waals surface area (Å²) in [6, 6.07) is 3.46. The largest absolute Gasteiger partial charge is 0.462 e. The van der Waals surface area contributed by atoms with E-state index in [2.05, 4.69) is 0 Å². The molecule has 0 amide bonds. The van der Waals surface area contributed by atoms with Gasteiger partial charge in [-0.3, -0.25) is 14.9 Å². The molecule has 0 aliphatic heterocycles. The van der Waals surface area contributed by atoms with E-state index in [9.17, 15) is 19.7 Å². The van der Waals surface area contributed by atoms with E-state index in [0.29, 0.717) is 6.29 Å². The van der Waals surface area contributed by atoms with Crippen molar-refractivity contribution in [1.29, 1.82) is 0 Å². The summed E-state index contributed by atoms with van der Waals surface area (Å²) < 4.78 is 4.94. The van der Waals surface area contributed by atoms with Crippen molar-refractivity contribution in [1.82, 2.24) is 0 Å². The Morgan fingerprint density at radius 2 is 2.22 bits per heavy atom. The van der Waals surface area contributed by atoms with Gasteiger partial charge in [0.15, 0.2) is 6.29 Å². The van der Waals surface area contributed by atoms with Gasteiger partial charge in [0.05, 0.1) is 17.1 Å². The quantitative estimate of drug-likeness (QED) is 0.254. The minimum atomic E-state index is -0.638. The van der Waals surface area contributed by atoms with Gasteiger partial charge in [0.1, 0.15) is 0 Å². The van der Waals surface area contributed by atoms with Crippen LogP contribution in [0.2, 0.25) is 0 Å². The number of unbranched alkanes of at least 4 members (excludes halogenated alkanes) is 1. The lowest BCUT2D eigenvalue weighted by Crippen LogP contribution is -2.09. The molecule has 1 aromatic rings. The Hall–Kier alpha value is -2.24. The summed E-state index contributed by atoms with van der Waals surface area (Å²) >= 11 is 0. The molecule has 0 atom stereocenters. The van der Waals surface area contributed by atoms with E-state index in [0.717, 1.165) is 18.9 Å². The third kappa shape index (κ3) is 3.38. The van der Waals surface area contributed by atoms with Crippen LogP contribution in [0.1, 0.15) is 40.5 Å². The molecule has 0 aromatic heterocycles. The lowest BCUT2D eigenvalue weighted by Gasteiger charge is -2.05. The number of nitro groups is 1. The van der Waals surface area contributed by atoms with Crippen molar-refractivity contribution in [3.05, 3.63) is 39.4 Å². The average molecular weight is 251 g/mol. The fourth-order valence-electron chi connectivity index (χ4n) is 1.33. The Morgan fingerprint density at radius 3 is 2.78 bits per heavy atom. The van der Waals surface area contributed by atoms with E-state index < -0.39 is 10.9 Å². The molecule has 0 saturated carbocycles. The van der Waals surface area contributed by atoms with Crippen LogP contribution in [0.15, 0.2) is 18.2 Å². The molecule has 0 radical (unpaired) electrons. The highest BCUT2D eigenvalue weighted by atomic mass is 16.6. The highest BCUT2D eigenvalue weighted by Gasteiger charge is 2.16.